The number of hydrogen-bond acceptors (Lipinski definition) is 14. The number of hydrogen-bond donors (Lipinski definition) is 5. The van der Waals surface area contributed by atoms with Crippen LogP contribution in [0.25, 0.3) is 0 Å². The fraction of sp³-hybridized carbons (Fsp3) is 0.973. The number of esters is 1. The van der Waals surface area contributed by atoms with Gasteiger partial charge in [0.05, 0.1) is 47.6 Å². The zero-order valence-corrected chi connectivity index (χ0v) is 33.5. The molecule has 0 amide bonds. The topological polar surface area (TPSA) is 180 Å². The van der Waals surface area contributed by atoms with Gasteiger partial charge in [0, 0.05) is 38.1 Å². The Kier molecular flexibility index (Phi) is 15.0. The van der Waals surface area contributed by atoms with Crippen molar-refractivity contribution in [3.05, 3.63) is 0 Å². The lowest BCUT2D eigenvalue weighted by Gasteiger charge is -2.49. The molecule has 300 valence electrons. The van der Waals surface area contributed by atoms with Gasteiger partial charge < -0.3 is 63.8 Å². The number of aliphatic hydroxyl groups is 5. The van der Waals surface area contributed by atoms with E-state index in [9.17, 15) is 30.3 Å². The van der Waals surface area contributed by atoms with Crippen molar-refractivity contribution in [2.75, 3.05) is 34.8 Å². The van der Waals surface area contributed by atoms with Gasteiger partial charge in [-0.2, -0.15) is 0 Å². The van der Waals surface area contributed by atoms with Crippen LogP contribution in [0.4, 0.5) is 0 Å². The molecule has 3 fully saturated rings. The molecule has 0 radical (unpaired) electrons. The molecule has 0 aliphatic carbocycles. The minimum Gasteiger partial charge on any atom is -0.459 e. The SMILES string of the molecule is CO[C@]1(C)C[C@H](O[C@H]2[C@H](C)[C@@H](O[C@H]3O[C@H](C)C[C@H](N(C)C)[C@H]3O)[C@](C)(O)C[C@@H](C)N(C)CC(C)[C@@H](O)[C@](C)(O)[C@@H](C)OC(=O)[C@@H]2C)O[C@@H](C)[C@@H]1O. The van der Waals surface area contributed by atoms with Crippen molar-refractivity contribution in [3.8, 4) is 0 Å². The summed E-state index contributed by atoms with van der Waals surface area (Å²) in [5.74, 6) is -2.90. The van der Waals surface area contributed by atoms with Gasteiger partial charge in [-0.15, -0.1) is 0 Å². The van der Waals surface area contributed by atoms with Crippen LogP contribution in [0.2, 0.25) is 0 Å². The summed E-state index contributed by atoms with van der Waals surface area (Å²) < 4.78 is 37.3. The third-order valence-electron chi connectivity index (χ3n) is 12.1. The fourth-order valence-electron chi connectivity index (χ4n) is 8.23. The van der Waals surface area contributed by atoms with E-state index in [-0.39, 0.29) is 31.0 Å². The number of ether oxygens (including phenoxy) is 6. The van der Waals surface area contributed by atoms with Crippen molar-refractivity contribution in [1.29, 1.82) is 0 Å². The first-order chi connectivity index (χ1) is 23.4. The zero-order chi connectivity index (χ0) is 39.0. The molecule has 3 heterocycles. The minimum atomic E-state index is -1.79. The van der Waals surface area contributed by atoms with Crippen molar-refractivity contribution in [2.45, 2.75) is 179 Å². The molecule has 18 atom stereocenters. The maximum absolute atomic E-state index is 14.0. The van der Waals surface area contributed by atoms with Crippen molar-refractivity contribution in [2.24, 2.45) is 17.8 Å². The Labute approximate surface area is 305 Å². The van der Waals surface area contributed by atoms with Crippen LogP contribution in [0.3, 0.4) is 0 Å². The van der Waals surface area contributed by atoms with Crippen LogP contribution in [-0.2, 0) is 33.2 Å². The summed E-state index contributed by atoms with van der Waals surface area (Å²) in [5.41, 5.74) is -4.38. The average Bonchev–Trinajstić information content (AvgIpc) is 3.04. The van der Waals surface area contributed by atoms with Gasteiger partial charge in [-0.3, -0.25) is 4.79 Å². The predicted octanol–water partition coefficient (Wildman–Crippen LogP) is 1.51. The second-order valence-electron chi connectivity index (χ2n) is 16.9. The molecule has 0 aromatic heterocycles. The van der Waals surface area contributed by atoms with E-state index in [1.165, 1.54) is 14.0 Å². The van der Waals surface area contributed by atoms with Crippen LogP contribution >= 0.6 is 0 Å². The van der Waals surface area contributed by atoms with E-state index in [0.717, 1.165) is 0 Å². The first kappa shape index (κ1) is 44.4. The van der Waals surface area contributed by atoms with Crippen LogP contribution in [0, 0.1) is 17.8 Å². The smallest absolute Gasteiger partial charge is 0.311 e. The number of methoxy groups -OCH3 is 1. The van der Waals surface area contributed by atoms with Gasteiger partial charge in [0.1, 0.15) is 23.9 Å². The highest BCUT2D eigenvalue weighted by Crippen LogP contribution is 2.39. The Morgan fingerprint density at radius 3 is 2.08 bits per heavy atom. The van der Waals surface area contributed by atoms with Crippen molar-refractivity contribution < 1.29 is 58.7 Å². The highest BCUT2D eigenvalue weighted by atomic mass is 16.7. The van der Waals surface area contributed by atoms with Crippen LogP contribution in [0.15, 0.2) is 0 Å². The fourth-order valence-corrected chi connectivity index (χ4v) is 8.23. The maximum atomic E-state index is 14.0. The average molecular weight is 735 g/mol. The van der Waals surface area contributed by atoms with Gasteiger partial charge in [0.25, 0.3) is 0 Å². The molecule has 0 saturated carbocycles. The second kappa shape index (κ2) is 17.2. The highest BCUT2D eigenvalue weighted by molar-refractivity contribution is 5.73. The third kappa shape index (κ3) is 10.0. The van der Waals surface area contributed by atoms with Crippen molar-refractivity contribution >= 4 is 5.97 Å². The number of likely N-dealkylation sites (N-methyl/N-ethyl adjacent to an activating group) is 1. The molecule has 5 N–H and O–H groups in total. The summed E-state index contributed by atoms with van der Waals surface area (Å²) in [6.45, 7) is 17.6. The summed E-state index contributed by atoms with van der Waals surface area (Å²) in [7, 11) is 7.15. The molecule has 3 rings (SSSR count). The van der Waals surface area contributed by atoms with E-state index < -0.39 is 95.8 Å². The Morgan fingerprint density at radius 1 is 0.902 bits per heavy atom. The Balaban J connectivity index is 2.16. The Morgan fingerprint density at radius 2 is 1.51 bits per heavy atom. The largest absolute Gasteiger partial charge is 0.459 e. The van der Waals surface area contributed by atoms with Gasteiger partial charge in [0.2, 0.25) is 0 Å². The Bertz CT molecular complexity index is 1130. The molecule has 1 unspecified atom stereocenters. The van der Waals surface area contributed by atoms with Gasteiger partial charge in [0.15, 0.2) is 12.6 Å². The molecule has 3 aliphatic rings. The Hall–Kier alpha value is -1.01. The number of carbonyl (C=O) groups is 1. The monoisotopic (exact) mass is 734 g/mol. The van der Waals surface area contributed by atoms with E-state index >= 15 is 0 Å². The maximum Gasteiger partial charge on any atom is 0.311 e. The lowest BCUT2D eigenvalue weighted by Crippen LogP contribution is -2.60. The summed E-state index contributed by atoms with van der Waals surface area (Å²) in [5, 5.41) is 57.7. The summed E-state index contributed by atoms with van der Waals surface area (Å²) in [6.07, 6.45) is -8.49. The number of aliphatic hydroxyl groups excluding tert-OH is 3. The number of carbonyl (C=O) groups excluding carboxylic acids is 1. The van der Waals surface area contributed by atoms with Crippen LogP contribution in [0.5, 0.6) is 0 Å². The molecule has 3 saturated heterocycles. The number of cyclic esters (lactones) is 1. The van der Waals surface area contributed by atoms with Gasteiger partial charge >= 0.3 is 5.97 Å². The normalized spacial score (nSPS) is 50.4. The molecule has 3 aliphatic heterocycles. The first-order valence-electron chi connectivity index (χ1n) is 18.6. The molecule has 0 spiro atoms. The minimum absolute atomic E-state index is 0.130. The van der Waals surface area contributed by atoms with E-state index in [0.29, 0.717) is 13.0 Å². The zero-order valence-electron chi connectivity index (χ0n) is 33.5. The molecular formula is C37H70N2O12. The molecule has 14 nitrogen and oxygen atoms in total. The van der Waals surface area contributed by atoms with Gasteiger partial charge in [-0.25, -0.2) is 0 Å². The molecule has 0 aromatic rings. The van der Waals surface area contributed by atoms with E-state index in [1.807, 2.05) is 58.6 Å². The number of rotatable bonds is 6. The number of nitrogens with zero attached hydrogens (tertiary/aromatic N) is 2. The van der Waals surface area contributed by atoms with Crippen LogP contribution < -0.4 is 0 Å². The first-order valence-corrected chi connectivity index (χ1v) is 18.6. The highest BCUT2D eigenvalue weighted by Gasteiger charge is 2.52. The molecule has 51 heavy (non-hydrogen) atoms. The summed E-state index contributed by atoms with van der Waals surface area (Å²) >= 11 is 0. The van der Waals surface area contributed by atoms with E-state index in [4.69, 9.17) is 28.4 Å². The molecule has 0 aromatic carbocycles. The lowest BCUT2D eigenvalue weighted by molar-refractivity contribution is -0.318. The quantitative estimate of drug-likeness (QED) is 0.248. The molecule has 14 heteroatoms. The standard InChI is InChI=1S/C37H70N2O12/c1-19-18-39(13)20(2)16-35(8,44)32(51-34-28(40)26(38(11)12)15-21(3)47-34)22(4)29(23(5)33(43)49-25(7)37(10,45)30(19)41)50-27-17-36(9,46-14)31(42)24(6)48-27/h19-32,34,40-42,44-45H,15-18H2,1-14H3/t19?,20-,21-,22+,23-,24+,25-,26+,27+,28-,29+,30-,31+,32-,34-,35-,36-,37-/m1/s1. The third-order valence-corrected chi connectivity index (χ3v) is 12.1. The van der Waals surface area contributed by atoms with Crippen LogP contribution in [0.1, 0.15) is 88.5 Å². The predicted molar refractivity (Wildman–Crippen MR) is 190 cm³/mol. The van der Waals surface area contributed by atoms with Gasteiger partial charge in [-0.1, -0.05) is 13.8 Å². The van der Waals surface area contributed by atoms with Crippen molar-refractivity contribution in [3.63, 3.8) is 0 Å². The lowest BCUT2D eigenvalue weighted by atomic mass is 9.78. The van der Waals surface area contributed by atoms with Crippen molar-refractivity contribution in [1.82, 2.24) is 9.80 Å². The van der Waals surface area contributed by atoms with Gasteiger partial charge in [-0.05, 0) is 95.3 Å². The second-order valence-corrected chi connectivity index (χ2v) is 16.9. The summed E-state index contributed by atoms with van der Waals surface area (Å²) in [4.78, 5) is 18.0. The van der Waals surface area contributed by atoms with E-state index in [1.54, 1.807) is 34.6 Å². The summed E-state index contributed by atoms with van der Waals surface area (Å²) in [6, 6.07) is -0.517. The molecule has 0 bridgehead atoms. The van der Waals surface area contributed by atoms with E-state index in [2.05, 4.69) is 0 Å². The van der Waals surface area contributed by atoms with Crippen LogP contribution in [-0.4, -0.2) is 166 Å². The molecular weight excluding hydrogens is 664 g/mol.